The smallest absolute Gasteiger partial charge is 0.229 e. The van der Waals surface area contributed by atoms with Crippen LogP contribution in [0.2, 0.25) is 0 Å². The molecule has 2 aromatic rings. The third-order valence-corrected chi connectivity index (χ3v) is 7.54. The van der Waals surface area contributed by atoms with Gasteiger partial charge in [0.05, 0.1) is 10.2 Å². The molecule has 120 valence electrons. The highest BCUT2D eigenvalue weighted by atomic mass is 79.9. The molecule has 0 atom stereocenters. The average molecular weight is 391 g/mol. The maximum Gasteiger partial charge on any atom is 0.229 e. The van der Waals surface area contributed by atoms with E-state index in [1.807, 2.05) is 12.1 Å². The van der Waals surface area contributed by atoms with Gasteiger partial charge in [0, 0.05) is 10.4 Å². The number of fused-ring (bicyclic) bond motifs is 1. The molecule has 1 amide bonds. The van der Waals surface area contributed by atoms with Gasteiger partial charge in [-0.3, -0.25) is 4.79 Å². The zero-order chi connectivity index (χ0) is 15.6. The van der Waals surface area contributed by atoms with E-state index in [1.54, 1.807) is 11.3 Å². The van der Waals surface area contributed by atoms with E-state index in [0.29, 0.717) is 11.8 Å². The molecule has 4 aliphatic rings. The van der Waals surface area contributed by atoms with Crippen LogP contribution in [0.15, 0.2) is 22.7 Å². The Balaban J connectivity index is 1.38. The van der Waals surface area contributed by atoms with Crippen LogP contribution in [0.25, 0.3) is 10.2 Å². The van der Waals surface area contributed by atoms with Crippen molar-refractivity contribution in [3.63, 3.8) is 0 Å². The fourth-order valence-corrected chi connectivity index (χ4v) is 6.91. The normalized spacial score (nSPS) is 34.9. The molecule has 4 bridgehead atoms. The molecular weight excluding hydrogens is 372 g/mol. The molecule has 3 nitrogen and oxygen atoms in total. The Labute approximate surface area is 148 Å². The highest BCUT2D eigenvalue weighted by molar-refractivity contribution is 9.10. The molecular formula is C18H19BrN2OS. The first-order valence-electron chi connectivity index (χ1n) is 8.52. The van der Waals surface area contributed by atoms with Gasteiger partial charge in [0.1, 0.15) is 0 Å². The van der Waals surface area contributed by atoms with Crippen LogP contribution in [0.5, 0.6) is 0 Å². The number of halogens is 1. The van der Waals surface area contributed by atoms with Gasteiger partial charge in [-0.25, -0.2) is 4.98 Å². The van der Waals surface area contributed by atoms with Gasteiger partial charge in [0.2, 0.25) is 5.91 Å². The Morgan fingerprint density at radius 1 is 1.13 bits per heavy atom. The summed E-state index contributed by atoms with van der Waals surface area (Å²) in [7, 11) is 0. The van der Waals surface area contributed by atoms with E-state index in [-0.39, 0.29) is 11.8 Å². The van der Waals surface area contributed by atoms with Crippen LogP contribution in [0.1, 0.15) is 32.1 Å². The number of aromatic nitrogens is 1. The van der Waals surface area contributed by atoms with Crippen LogP contribution in [0.3, 0.4) is 0 Å². The van der Waals surface area contributed by atoms with Gasteiger partial charge >= 0.3 is 0 Å². The van der Waals surface area contributed by atoms with Gasteiger partial charge in [-0.05, 0) is 74.0 Å². The molecule has 4 fully saturated rings. The van der Waals surface area contributed by atoms with Crippen molar-refractivity contribution in [1.82, 2.24) is 4.98 Å². The van der Waals surface area contributed by atoms with Gasteiger partial charge in [-0.1, -0.05) is 27.3 Å². The maximum atomic E-state index is 12.9. The summed E-state index contributed by atoms with van der Waals surface area (Å²) in [5.41, 5.74) is 0.957. The summed E-state index contributed by atoms with van der Waals surface area (Å²) >= 11 is 5.06. The van der Waals surface area contributed by atoms with Crippen LogP contribution in [-0.2, 0) is 4.79 Å². The molecule has 4 saturated carbocycles. The number of benzene rings is 1. The lowest BCUT2D eigenvalue weighted by atomic mass is 9.51. The quantitative estimate of drug-likeness (QED) is 0.777. The number of carbonyl (C=O) groups excluding carboxylic acids is 1. The summed E-state index contributed by atoms with van der Waals surface area (Å²) in [4.78, 5) is 17.5. The highest BCUT2D eigenvalue weighted by Crippen LogP contribution is 2.56. The summed E-state index contributed by atoms with van der Waals surface area (Å²) < 4.78 is 2.16. The van der Waals surface area contributed by atoms with Crippen molar-refractivity contribution in [3.8, 4) is 0 Å². The zero-order valence-electron chi connectivity index (χ0n) is 12.8. The Morgan fingerprint density at radius 3 is 2.52 bits per heavy atom. The Bertz CT molecular complexity index is 758. The largest absolute Gasteiger partial charge is 0.302 e. The summed E-state index contributed by atoms with van der Waals surface area (Å²) in [6.45, 7) is 0. The maximum absolute atomic E-state index is 12.9. The average Bonchev–Trinajstić information content (AvgIpc) is 2.87. The second-order valence-electron chi connectivity index (χ2n) is 7.58. The monoisotopic (exact) mass is 390 g/mol. The van der Waals surface area contributed by atoms with E-state index < -0.39 is 0 Å². The molecule has 0 spiro atoms. The van der Waals surface area contributed by atoms with Crippen LogP contribution < -0.4 is 5.32 Å². The van der Waals surface area contributed by atoms with E-state index in [9.17, 15) is 4.79 Å². The number of nitrogens with one attached hydrogen (secondary N) is 1. The molecule has 0 saturated heterocycles. The minimum absolute atomic E-state index is 0.219. The molecule has 1 aromatic carbocycles. The summed E-state index contributed by atoms with van der Waals surface area (Å²) in [6.07, 6.45) is 6.53. The molecule has 1 heterocycles. The third-order valence-electron chi connectivity index (χ3n) is 6.11. The van der Waals surface area contributed by atoms with Gasteiger partial charge in [-0.15, -0.1) is 0 Å². The third kappa shape index (κ3) is 2.43. The van der Waals surface area contributed by atoms with E-state index >= 15 is 0 Å². The summed E-state index contributed by atoms with van der Waals surface area (Å²) in [5, 5.41) is 3.88. The second-order valence-corrected chi connectivity index (χ2v) is 9.52. The minimum Gasteiger partial charge on any atom is -0.302 e. The first-order valence-corrected chi connectivity index (χ1v) is 10.1. The number of amides is 1. The van der Waals surface area contributed by atoms with Crippen LogP contribution in [-0.4, -0.2) is 10.9 Å². The van der Waals surface area contributed by atoms with Gasteiger partial charge in [0.25, 0.3) is 0 Å². The lowest BCUT2D eigenvalue weighted by molar-refractivity contribution is -0.132. The lowest BCUT2D eigenvalue weighted by Crippen LogP contribution is -2.49. The van der Waals surface area contributed by atoms with Crippen molar-refractivity contribution < 1.29 is 4.79 Å². The van der Waals surface area contributed by atoms with Crippen LogP contribution >= 0.6 is 27.3 Å². The lowest BCUT2D eigenvalue weighted by Gasteiger charge is -2.53. The highest BCUT2D eigenvalue weighted by Gasteiger charge is 2.50. The summed E-state index contributed by atoms with van der Waals surface area (Å²) in [6, 6.07) is 6.05. The number of anilines is 1. The number of rotatable bonds is 2. The first-order chi connectivity index (χ1) is 11.2. The van der Waals surface area contributed by atoms with Crippen LogP contribution in [0, 0.1) is 29.6 Å². The van der Waals surface area contributed by atoms with Crippen molar-refractivity contribution in [2.75, 3.05) is 5.32 Å². The molecule has 0 unspecified atom stereocenters. The molecule has 4 aliphatic carbocycles. The predicted octanol–water partition coefficient (Wildman–Crippen LogP) is 5.07. The SMILES string of the molecule is O=C(Nc1nc2ccc(Br)cc2s1)C1C2CC3CC(C2)CC1C3. The van der Waals surface area contributed by atoms with Crippen molar-refractivity contribution in [2.24, 2.45) is 29.6 Å². The number of nitrogens with zero attached hydrogens (tertiary/aromatic N) is 1. The van der Waals surface area contributed by atoms with Crippen molar-refractivity contribution in [3.05, 3.63) is 22.7 Å². The summed E-state index contributed by atoms with van der Waals surface area (Å²) in [5.74, 6) is 3.49. The van der Waals surface area contributed by atoms with Gasteiger partial charge < -0.3 is 5.32 Å². The first kappa shape index (κ1) is 14.4. The second kappa shape index (κ2) is 5.28. The van der Waals surface area contributed by atoms with Crippen LogP contribution in [0.4, 0.5) is 5.13 Å². The fraction of sp³-hybridized carbons (Fsp3) is 0.556. The standard InChI is InChI=1S/C18H19BrN2OS/c19-13-1-2-14-15(8-13)23-18(20-14)21-17(22)16-11-4-9-3-10(6-11)7-12(16)5-9/h1-2,8-12,16H,3-7H2,(H,20,21,22). The Hall–Kier alpha value is -0.940. The van der Waals surface area contributed by atoms with Crippen molar-refractivity contribution in [1.29, 1.82) is 0 Å². The molecule has 0 radical (unpaired) electrons. The van der Waals surface area contributed by atoms with Gasteiger partial charge in [-0.2, -0.15) is 0 Å². The van der Waals surface area contributed by atoms with Crippen molar-refractivity contribution in [2.45, 2.75) is 32.1 Å². The fourth-order valence-electron chi connectivity index (χ4n) is 5.49. The molecule has 6 rings (SSSR count). The number of thiazole rings is 1. The number of carbonyl (C=O) groups is 1. The molecule has 1 N–H and O–H groups in total. The minimum atomic E-state index is 0.219. The molecule has 5 heteroatoms. The van der Waals surface area contributed by atoms with E-state index in [0.717, 1.165) is 31.7 Å². The molecule has 23 heavy (non-hydrogen) atoms. The Kier molecular flexibility index (Phi) is 3.31. The van der Waals surface area contributed by atoms with E-state index in [1.165, 1.54) is 32.1 Å². The number of hydrogen-bond donors (Lipinski definition) is 1. The van der Waals surface area contributed by atoms with Gasteiger partial charge in [0.15, 0.2) is 5.13 Å². The Morgan fingerprint density at radius 2 is 1.83 bits per heavy atom. The van der Waals surface area contributed by atoms with E-state index in [4.69, 9.17) is 0 Å². The van der Waals surface area contributed by atoms with E-state index in [2.05, 4.69) is 32.3 Å². The topological polar surface area (TPSA) is 42.0 Å². The predicted molar refractivity (Wildman–Crippen MR) is 96.5 cm³/mol. The number of hydrogen-bond acceptors (Lipinski definition) is 3. The molecule has 0 aliphatic heterocycles. The zero-order valence-corrected chi connectivity index (χ0v) is 15.2. The van der Waals surface area contributed by atoms with Crippen molar-refractivity contribution >= 4 is 48.5 Å². The molecule has 1 aromatic heterocycles.